The van der Waals surface area contributed by atoms with Crippen LogP contribution in [0.3, 0.4) is 0 Å². The molecule has 1 saturated heterocycles. The van der Waals surface area contributed by atoms with E-state index in [2.05, 4.69) is 5.32 Å². The molecular formula is C26H32N4O3+. The van der Waals surface area contributed by atoms with Gasteiger partial charge in [0.15, 0.2) is 6.54 Å². The number of quaternary nitrogens is 1. The smallest absolute Gasteiger partial charge is 0.323 e. The van der Waals surface area contributed by atoms with Crippen molar-refractivity contribution < 1.29 is 18.9 Å². The van der Waals surface area contributed by atoms with Gasteiger partial charge in [0.1, 0.15) is 11.8 Å². The standard InChI is InChI=1S/C26H31N4O3/c1-26(2,29-24(32)21-13-11-20(12-14-21)23(27)28)22(19-9-5-3-6-10-19)25(33)30(17-18-31)15-7-4-8-16-30/h3,5-6,9-14,22H,4,7-8,15-17H2,1-2H3,(H3-,27,28,29,32)/p+1. The highest BCUT2D eigenvalue weighted by Crippen LogP contribution is 2.35. The average molecular weight is 449 g/mol. The van der Waals surface area contributed by atoms with Gasteiger partial charge in [-0.1, -0.05) is 42.5 Å². The van der Waals surface area contributed by atoms with Crippen LogP contribution < -0.4 is 11.1 Å². The minimum Gasteiger partial charge on any atom is -0.384 e. The number of amides is 2. The van der Waals surface area contributed by atoms with E-state index in [1.165, 1.54) is 0 Å². The quantitative estimate of drug-likeness (QED) is 0.327. The number of amidine groups is 1. The number of nitrogens with zero attached hydrogens (tertiary/aromatic N) is 1. The fraction of sp³-hybridized carbons (Fsp3) is 0.385. The van der Waals surface area contributed by atoms with Crippen LogP contribution in [0, 0.1) is 5.41 Å². The van der Waals surface area contributed by atoms with Gasteiger partial charge in [0.25, 0.3) is 12.2 Å². The first-order valence-corrected chi connectivity index (χ1v) is 11.3. The molecule has 7 nitrogen and oxygen atoms in total. The molecular weight excluding hydrogens is 416 g/mol. The van der Waals surface area contributed by atoms with E-state index in [0.29, 0.717) is 24.2 Å². The van der Waals surface area contributed by atoms with Crippen molar-refractivity contribution in [3.8, 4) is 0 Å². The van der Waals surface area contributed by atoms with Crippen LogP contribution >= 0.6 is 0 Å². The predicted molar refractivity (Wildman–Crippen MR) is 128 cm³/mol. The number of carbonyl (C=O) groups is 2. The van der Waals surface area contributed by atoms with Crippen LogP contribution in [0.1, 0.15) is 60.5 Å². The average Bonchev–Trinajstić information content (AvgIpc) is 2.80. The maximum Gasteiger partial charge on any atom is 0.323 e. The number of piperidine rings is 1. The number of likely N-dealkylation sites (tertiary alicyclic amines) is 1. The summed E-state index contributed by atoms with van der Waals surface area (Å²) < 4.78 is 0.0651. The molecule has 1 heterocycles. The summed E-state index contributed by atoms with van der Waals surface area (Å²) in [6.45, 7) is 4.92. The van der Waals surface area contributed by atoms with Gasteiger partial charge < -0.3 is 11.1 Å². The van der Waals surface area contributed by atoms with E-state index in [1.807, 2.05) is 50.5 Å². The van der Waals surface area contributed by atoms with Crippen molar-refractivity contribution in [1.29, 1.82) is 5.41 Å². The van der Waals surface area contributed by atoms with E-state index in [9.17, 15) is 14.4 Å². The van der Waals surface area contributed by atoms with Gasteiger partial charge in [0.2, 0.25) is 0 Å². The van der Waals surface area contributed by atoms with Crippen molar-refractivity contribution in [3.63, 3.8) is 0 Å². The third-order valence-corrected chi connectivity index (χ3v) is 6.50. The van der Waals surface area contributed by atoms with Crippen LogP contribution in [-0.2, 0) is 9.59 Å². The second kappa shape index (κ2) is 10.1. The first-order valence-electron chi connectivity index (χ1n) is 11.3. The normalized spacial score (nSPS) is 16.4. The summed E-state index contributed by atoms with van der Waals surface area (Å²) in [7, 11) is 0. The summed E-state index contributed by atoms with van der Waals surface area (Å²) in [6, 6.07) is 15.9. The molecule has 3 rings (SSSR count). The fourth-order valence-corrected chi connectivity index (χ4v) is 4.72. The third-order valence-electron chi connectivity index (χ3n) is 6.50. The summed E-state index contributed by atoms with van der Waals surface area (Å²) in [5, 5.41) is 10.6. The molecule has 0 aromatic heterocycles. The molecule has 1 fully saturated rings. The van der Waals surface area contributed by atoms with Gasteiger partial charge >= 0.3 is 5.91 Å². The number of carbonyl (C=O) groups excluding carboxylic acids is 3. The minimum absolute atomic E-state index is 0.0265. The fourth-order valence-electron chi connectivity index (χ4n) is 4.72. The number of benzene rings is 2. The van der Waals surface area contributed by atoms with Gasteiger partial charge in [0.05, 0.1) is 18.6 Å². The number of rotatable bonds is 8. The first-order chi connectivity index (χ1) is 15.7. The summed E-state index contributed by atoms with van der Waals surface area (Å²) in [5.74, 6) is -1.11. The molecule has 1 aliphatic rings. The number of nitrogens with two attached hydrogens (primary N) is 1. The van der Waals surface area contributed by atoms with Gasteiger partial charge in [-0.15, -0.1) is 0 Å². The molecule has 4 N–H and O–H groups in total. The second-order valence-electron chi connectivity index (χ2n) is 9.30. The topological polar surface area (TPSA) is 113 Å². The van der Waals surface area contributed by atoms with Gasteiger partial charge in [-0.25, -0.2) is 4.79 Å². The van der Waals surface area contributed by atoms with E-state index in [-0.39, 0.29) is 28.7 Å². The zero-order chi connectivity index (χ0) is 24.1. The molecule has 7 heteroatoms. The monoisotopic (exact) mass is 448 g/mol. The molecule has 1 unspecified atom stereocenters. The maximum absolute atomic E-state index is 14.1. The molecule has 33 heavy (non-hydrogen) atoms. The van der Waals surface area contributed by atoms with E-state index in [4.69, 9.17) is 11.1 Å². The Labute approximate surface area is 195 Å². The molecule has 173 valence electrons. The predicted octanol–water partition coefficient (Wildman–Crippen LogP) is 2.90. The Morgan fingerprint density at radius 1 is 1.03 bits per heavy atom. The summed E-state index contributed by atoms with van der Waals surface area (Å²) in [6.07, 6.45) is 4.78. The molecule has 2 aromatic rings. The van der Waals surface area contributed by atoms with Gasteiger partial charge in [-0.2, -0.15) is 0 Å². The molecule has 2 amide bonds. The Hall–Kier alpha value is -3.32. The van der Waals surface area contributed by atoms with Crippen molar-refractivity contribution in [3.05, 3.63) is 71.3 Å². The largest absolute Gasteiger partial charge is 0.384 e. The molecule has 1 atom stereocenters. The van der Waals surface area contributed by atoms with E-state index >= 15 is 0 Å². The molecule has 1 aliphatic heterocycles. The van der Waals surface area contributed by atoms with Crippen molar-refractivity contribution >= 4 is 23.9 Å². The van der Waals surface area contributed by atoms with Crippen molar-refractivity contribution in [2.24, 2.45) is 5.73 Å². The van der Waals surface area contributed by atoms with Gasteiger partial charge in [-0.05, 0) is 50.8 Å². The van der Waals surface area contributed by atoms with Crippen molar-refractivity contribution in [2.75, 3.05) is 19.6 Å². The molecule has 2 aromatic carbocycles. The molecule has 0 spiro atoms. The second-order valence-corrected chi connectivity index (χ2v) is 9.30. The first kappa shape index (κ1) is 24.3. The zero-order valence-corrected chi connectivity index (χ0v) is 19.3. The van der Waals surface area contributed by atoms with Gasteiger partial charge in [0, 0.05) is 11.1 Å². The van der Waals surface area contributed by atoms with Crippen LogP contribution in [0.5, 0.6) is 0 Å². The van der Waals surface area contributed by atoms with Crippen LogP contribution in [0.15, 0.2) is 54.6 Å². The van der Waals surface area contributed by atoms with E-state index in [1.54, 1.807) is 24.3 Å². The summed E-state index contributed by atoms with van der Waals surface area (Å²) in [5.41, 5.74) is 6.32. The SMILES string of the molecule is CC(C)(NC(=O)c1ccc(C(=N)N)cc1)C(C(=O)[N+]1(C[C]=O)CCCCC1)c1ccccc1. The number of hydrogen-bond donors (Lipinski definition) is 3. The van der Waals surface area contributed by atoms with Crippen LogP contribution in [0.25, 0.3) is 0 Å². The highest BCUT2D eigenvalue weighted by Gasteiger charge is 2.49. The van der Waals surface area contributed by atoms with Gasteiger partial charge in [-0.3, -0.25) is 19.5 Å². The lowest BCUT2D eigenvalue weighted by atomic mass is 9.79. The Morgan fingerprint density at radius 2 is 1.61 bits per heavy atom. The van der Waals surface area contributed by atoms with Crippen molar-refractivity contribution in [2.45, 2.75) is 44.6 Å². The maximum atomic E-state index is 14.1. The summed E-state index contributed by atoms with van der Waals surface area (Å²) in [4.78, 5) is 38.6. The third kappa shape index (κ3) is 5.37. The lowest BCUT2D eigenvalue weighted by Crippen LogP contribution is -2.63. The highest BCUT2D eigenvalue weighted by atomic mass is 16.2. The zero-order valence-electron chi connectivity index (χ0n) is 19.3. The highest BCUT2D eigenvalue weighted by molar-refractivity contribution is 5.98. The van der Waals surface area contributed by atoms with E-state index < -0.39 is 11.5 Å². The number of hydrogen-bond acceptors (Lipinski definition) is 4. The Balaban J connectivity index is 1.95. The van der Waals surface area contributed by atoms with Crippen LogP contribution in [-0.4, -0.2) is 53.6 Å². The van der Waals surface area contributed by atoms with E-state index in [0.717, 1.165) is 24.8 Å². The van der Waals surface area contributed by atoms with Crippen molar-refractivity contribution in [1.82, 2.24) is 5.32 Å². The molecule has 1 radical (unpaired) electrons. The van der Waals surface area contributed by atoms with Crippen LogP contribution in [0.4, 0.5) is 0 Å². The Bertz CT molecular complexity index is 1010. The molecule has 0 aliphatic carbocycles. The van der Waals surface area contributed by atoms with Crippen LogP contribution in [0.2, 0.25) is 0 Å². The lowest BCUT2D eigenvalue weighted by Gasteiger charge is -2.43. The lowest BCUT2D eigenvalue weighted by molar-refractivity contribution is -0.851. The minimum atomic E-state index is -0.930. The molecule has 0 saturated carbocycles. The Kier molecular flexibility index (Phi) is 7.43. The molecule has 0 bridgehead atoms. The summed E-state index contributed by atoms with van der Waals surface area (Å²) >= 11 is 0. The Morgan fingerprint density at radius 3 is 2.15 bits per heavy atom. The number of nitrogens with one attached hydrogen (secondary N) is 2. The number of nitrogen functional groups attached to an aromatic ring is 1.